The highest BCUT2D eigenvalue weighted by Gasteiger charge is 2.46. The van der Waals surface area contributed by atoms with Gasteiger partial charge in [-0.2, -0.15) is 0 Å². The van der Waals surface area contributed by atoms with E-state index in [1.807, 2.05) is 19.1 Å². The van der Waals surface area contributed by atoms with E-state index < -0.39 is 0 Å². The number of nitrogens with zero attached hydrogens (tertiary/aromatic N) is 2. The van der Waals surface area contributed by atoms with Crippen LogP contribution in [0.3, 0.4) is 0 Å². The molecule has 4 heterocycles. The highest BCUT2D eigenvalue weighted by molar-refractivity contribution is 5.89. The van der Waals surface area contributed by atoms with Crippen molar-refractivity contribution in [2.45, 2.75) is 76.8 Å². The molecule has 6 nitrogen and oxygen atoms in total. The van der Waals surface area contributed by atoms with Gasteiger partial charge in [0.2, 0.25) is 0 Å². The van der Waals surface area contributed by atoms with Gasteiger partial charge in [-0.05, 0) is 99.9 Å². The Morgan fingerprint density at radius 2 is 1.97 bits per heavy atom. The molecule has 1 amide bonds. The van der Waals surface area contributed by atoms with Crippen LogP contribution in [0.5, 0.6) is 5.75 Å². The van der Waals surface area contributed by atoms with Crippen LogP contribution in [0.1, 0.15) is 61.6 Å². The summed E-state index contributed by atoms with van der Waals surface area (Å²) in [4.78, 5) is 31.0. The van der Waals surface area contributed by atoms with Crippen LogP contribution in [0.15, 0.2) is 33.0 Å². The molecule has 0 saturated carbocycles. The molecule has 190 valence electrons. The zero-order chi connectivity index (χ0) is 24.4. The summed E-state index contributed by atoms with van der Waals surface area (Å²) in [6, 6.07) is 4.83. The van der Waals surface area contributed by atoms with Crippen LogP contribution in [0.2, 0.25) is 0 Å². The van der Waals surface area contributed by atoms with Crippen LogP contribution in [0.25, 0.3) is 11.0 Å². The lowest BCUT2D eigenvalue weighted by Crippen LogP contribution is -2.60. The Morgan fingerprint density at radius 1 is 1.08 bits per heavy atom. The number of hydrogen-bond donors (Lipinski definition) is 0. The van der Waals surface area contributed by atoms with E-state index in [9.17, 15) is 9.59 Å². The van der Waals surface area contributed by atoms with Crippen LogP contribution < -0.4 is 10.4 Å². The van der Waals surface area contributed by atoms with Crippen molar-refractivity contribution < 1.29 is 13.9 Å². The number of rotatable bonds is 3. The zero-order valence-electron chi connectivity index (χ0n) is 21.3. The van der Waals surface area contributed by atoms with Crippen LogP contribution in [0.4, 0.5) is 0 Å². The van der Waals surface area contributed by atoms with E-state index in [1.54, 1.807) is 0 Å². The molecular formula is C30H36N2O4. The first-order chi connectivity index (χ1) is 17.6. The fourth-order valence-electron chi connectivity index (χ4n) is 8.09. The number of aryl methyl sites for hydroxylation is 2. The molecule has 2 unspecified atom stereocenters. The van der Waals surface area contributed by atoms with E-state index in [1.165, 1.54) is 37.8 Å². The Hall–Kier alpha value is -2.60. The van der Waals surface area contributed by atoms with Gasteiger partial charge in [-0.15, -0.1) is 0 Å². The number of benzene rings is 1. The number of hydrogen-bond acceptors (Lipinski definition) is 5. The summed E-state index contributed by atoms with van der Waals surface area (Å²) in [5, 5.41) is 0.878. The van der Waals surface area contributed by atoms with Gasteiger partial charge in [-0.3, -0.25) is 9.69 Å². The predicted molar refractivity (Wildman–Crippen MR) is 138 cm³/mol. The highest BCUT2D eigenvalue weighted by atomic mass is 16.5. The SMILES string of the molecule is Cc1cc(OCC(=O)N2CCCC3=CC4CC(CN5CCCC[C@H]45)[C@@H]32)c2c3c(c(=O)oc2c1)CCC3. The molecule has 4 atom stereocenters. The van der Waals surface area contributed by atoms with Crippen LogP contribution in [-0.4, -0.2) is 54.0 Å². The Balaban J connectivity index is 1.15. The Bertz CT molecular complexity index is 1310. The van der Waals surface area contributed by atoms with E-state index >= 15 is 0 Å². The standard InChI is InChI=1S/C30H36N2O4/c1-18-12-25(28-22-7-4-8-23(22)30(34)36-26(28)13-18)35-17-27(33)32-11-5-6-19-14-20-15-21(29(19)32)16-31-10-3-2-9-24(20)31/h12-14,20-21,24,29H,2-11,15-17H2,1H3/t20?,21?,24-,29-/m1/s1. The van der Waals surface area contributed by atoms with Crippen molar-refractivity contribution in [2.75, 3.05) is 26.2 Å². The van der Waals surface area contributed by atoms with Crippen molar-refractivity contribution in [1.29, 1.82) is 0 Å². The van der Waals surface area contributed by atoms with Gasteiger partial charge in [0.05, 0.1) is 11.4 Å². The van der Waals surface area contributed by atoms with Gasteiger partial charge >= 0.3 is 5.63 Å². The molecular weight excluding hydrogens is 452 g/mol. The van der Waals surface area contributed by atoms with Gasteiger partial charge in [0.1, 0.15) is 11.3 Å². The van der Waals surface area contributed by atoms with Gasteiger partial charge in [0.15, 0.2) is 6.61 Å². The maximum absolute atomic E-state index is 13.7. The largest absolute Gasteiger partial charge is 0.483 e. The molecule has 1 aromatic carbocycles. The minimum Gasteiger partial charge on any atom is -0.483 e. The molecule has 3 saturated heterocycles. The fraction of sp³-hybridized carbons (Fsp3) is 0.600. The first-order valence-corrected chi connectivity index (χ1v) is 14.0. The van der Waals surface area contributed by atoms with Gasteiger partial charge in [0.25, 0.3) is 5.91 Å². The number of ether oxygens (including phenoxy) is 1. The minimum absolute atomic E-state index is 0.0265. The molecule has 0 N–H and O–H groups in total. The van der Waals surface area contributed by atoms with Crippen molar-refractivity contribution in [3.05, 3.63) is 50.9 Å². The predicted octanol–water partition coefficient (Wildman–Crippen LogP) is 4.39. The number of likely N-dealkylation sites (tertiary alicyclic amines) is 1. The monoisotopic (exact) mass is 488 g/mol. The minimum atomic E-state index is -0.228. The summed E-state index contributed by atoms with van der Waals surface area (Å²) in [5.41, 5.74) is 4.63. The van der Waals surface area contributed by atoms with E-state index in [-0.39, 0.29) is 24.2 Å². The second-order valence-electron chi connectivity index (χ2n) is 11.7. The maximum atomic E-state index is 13.7. The smallest absolute Gasteiger partial charge is 0.339 e. The number of carbonyl (C=O) groups excluding carboxylic acids is 1. The first-order valence-electron chi connectivity index (χ1n) is 14.0. The van der Waals surface area contributed by atoms with Crippen LogP contribution in [0, 0.1) is 18.8 Å². The lowest BCUT2D eigenvalue weighted by atomic mass is 9.68. The van der Waals surface area contributed by atoms with Crippen molar-refractivity contribution in [3.8, 4) is 5.75 Å². The number of fused-ring (bicyclic) bond motifs is 9. The number of piperidine rings is 3. The summed E-state index contributed by atoms with van der Waals surface area (Å²) >= 11 is 0. The normalized spacial score (nSPS) is 29.4. The van der Waals surface area contributed by atoms with E-state index in [0.29, 0.717) is 29.2 Å². The van der Waals surface area contributed by atoms with Crippen molar-refractivity contribution in [2.24, 2.45) is 11.8 Å². The molecule has 5 aliphatic rings. The summed E-state index contributed by atoms with van der Waals surface area (Å²) in [6.07, 6.45) is 12.5. The van der Waals surface area contributed by atoms with E-state index in [0.717, 1.165) is 67.3 Å². The summed E-state index contributed by atoms with van der Waals surface area (Å²) in [7, 11) is 0. The molecule has 2 aliphatic carbocycles. The van der Waals surface area contributed by atoms with Crippen molar-refractivity contribution >= 4 is 16.9 Å². The van der Waals surface area contributed by atoms with Gasteiger partial charge in [-0.25, -0.2) is 4.79 Å². The molecule has 6 heteroatoms. The Morgan fingerprint density at radius 3 is 2.89 bits per heavy atom. The third-order valence-electron chi connectivity index (χ3n) is 9.51. The molecule has 3 fully saturated rings. The average Bonchev–Trinajstić information content (AvgIpc) is 3.37. The Labute approximate surface area is 212 Å². The molecule has 0 radical (unpaired) electrons. The molecule has 2 bridgehead atoms. The second kappa shape index (κ2) is 8.76. The molecule has 3 aliphatic heterocycles. The molecule has 7 rings (SSSR count). The topological polar surface area (TPSA) is 63.0 Å². The first kappa shape index (κ1) is 22.6. The summed E-state index contributed by atoms with van der Waals surface area (Å²) in [5.74, 6) is 1.95. The second-order valence-corrected chi connectivity index (χ2v) is 11.7. The summed E-state index contributed by atoms with van der Waals surface area (Å²) in [6.45, 7) is 5.15. The fourth-order valence-corrected chi connectivity index (χ4v) is 8.09. The average molecular weight is 489 g/mol. The van der Waals surface area contributed by atoms with Crippen LogP contribution in [-0.2, 0) is 17.6 Å². The lowest BCUT2D eigenvalue weighted by molar-refractivity contribution is -0.138. The summed E-state index contributed by atoms with van der Waals surface area (Å²) < 4.78 is 11.9. The van der Waals surface area contributed by atoms with E-state index in [4.69, 9.17) is 9.15 Å². The van der Waals surface area contributed by atoms with Crippen LogP contribution >= 0.6 is 0 Å². The van der Waals surface area contributed by atoms with Gasteiger partial charge in [-0.1, -0.05) is 18.1 Å². The number of carbonyl (C=O) groups is 1. The third kappa shape index (κ3) is 3.63. The molecule has 2 aromatic rings. The maximum Gasteiger partial charge on any atom is 0.339 e. The van der Waals surface area contributed by atoms with E-state index in [2.05, 4.69) is 15.9 Å². The highest BCUT2D eigenvalue weighted by Crippen LogP contribution is 2.45. The quantitative estimate of drug-likeness (QED) is 0.474. The molecule has 1 aromatic heterocycles. The van der Waals surface area contributed by atoms with Gasteiger partial charge < -0.3 is 14.1 Å². The lowest BCUT2D eigenvalue weighted by Gasteiger charge is -2.54. The zero-order valence-corrected chi connectivity index (χ0v) is 21.3. The van der Waals surface area contributed by atoms with Crippen molar-refractivity contribution in [3.63, 3.8) is 0 Å². The molecule has 36 heavy (non-hydrogen) atoms. The van der Waals surface area contributed by atoms with Gasteiger partial charge in [0, 0.05) is 24.7 Å². The Kier molecular flexibility index (Phi) is 5.49. The number of amides is 1. The van der Waals surface area contributed by atoms with Crippen molar-refractivity contribution in [1.82, 2.24) is 9.80 Å². The molecule has 0 spiro atoms. The third-order valence-corrected chi connectivity index (χ3v) is 9.51.